The molecule has 0 saturated heterocycles. The van der Waals surface area contributed by atoms with E-state index in [1.165, 1.54) is 0 Å². The van der Waals surface area contributed by atoms with Crippen LogP contribution in [0.4, 0.5) is 83.4 Å². The maximum Gasteiger partial charge on any atom is 1.00 e. The van der Waals surface area contributed by atoms with E-state index in [2.05, 4.69) is 23.6 Å². The van der Waals surface area contributed by atoms with Crippen molar-refractivity contribution in [1.82, 2.24) is 0 Å². The van der Waals surface area contributed by atoms with Gasteiger partial charge in [0.1, 0.15) is 11.4 Å². The summed E-state index contributed by atoms with van der Waals surface area (Å²) in [7, 11) is 0. The summed E-state index contributed by atoms with van der Waals surface area (Å²) in [4.78, 5) is 36.7. The minimum atomic E-state index is -7.10. The second-order valence-electron chi connectivity index (χ2n) is 8.67. The van der Waals surface area contributed by atoms with Gasteiger partial charge in [-0.05, 0) is 0 Å². The second kappa shape index (κ2) is 18.6. The molecule has 0 saturated carbocycles. The van der Waals surface area contributed by atoms with Crippen LogP contribution in [-0.2, 0) is 38.0 Å². The van der Waals surface area contributed by atoms with Gasteiger partial charge in [0.2, 0.25) is 0 Å². The summed E-state index contributed by atoms with van der Waals surface area (Å²) in [6.45, 7) is -9.11. The molecular weight excluding hydrogens is 800 g/mol. The van der Waals surface area contributed by atoms with Crippen LogP contribution < -0.4 is 34.8 Å². The molecule has 50 heavy (non-hydrogen) atoms. The summed E-state index contributed by atoms with van der Waals surface area (Å²) in [6.07, 6.45) is -13.1. The van der Waals surface area contributed by atoms with Crippen molar-refractivity contribution < 1.29 is 156 Å². The smallest absolute Gasteiger partial charge is 0.691 e. The van der Waals surface area contributed by atoms with Crippen molar-refractivity contribution >= 4 is 30.0 Å². The van der Waals surface area contributed by atoms with Crippen LogP contribution in [-0.4, -0.2) is 97.3 Å². The Kier molecular flexibility index (Phi) is 18.6. The van der Waals surface area contributed by atoms with Gasteiger partial charge in [-0.15, -0.1) is 4.39 Å². The van der Waals surface area contributed by atoms with E-state index >= 15 is 0 Å². The average molecular weight is 812 g/mol. The largest absolute Gasteiger partial charge is 1.00 e. The quantitative estimate of drug-likeness (QED) is 0.0263. The molecule has 0 bridgehead atoms. The number of carbonyl (C=O) groups is 3. The van der Waals surface area contributed by atoms with E-state index in [1.807, 2.05) is 0 Å². The predicted octanol–water partition coefficient (Wildman–Crippen LogP) is 1.77. The molecule has 0 aliphatic heterocycles. The summed E-state index contributed by atoms with van der Waals surface area (Å²) in [5.74, 6) is -56.5. The van der Waals surface area contributed by atoms with Crippen molar-refractivity contribution in [3.8, 4) is 12.1 Å². The minimum Gasteiger partial charge on any atom is -0.691 e. The molecule has 0 radical (unpaired) electrons. The Morgan fingerprint density at radius 3 is 1.42 bits per heavy atom. The predicted molar refractivity (Wildman–Crippen MR) is 110 cm³/mol. The maximum absolute atomic E-state index is 13.8. The Morgan fingerprint density at radius 1 is 0.660 bits per heavy atom. The Balaban J connectivity index is 0. The Bertz CT molecular complexity index is 1210. The molecule has 0 aliphatic carbocycles. The third-order valence-corrected chi connectivity index (χ3v) is 6.06. The molecule has 0 aromatic heterocycles. The van der Waals surface area contributed by atoms with Crippen LogP contribution in [0.15, 0.2) is 0 Å². The Hall–Kier alpha value is -2.13. The summed E-state index contributed by atoms with van der Waals surface area (Å²) >= 11 is -1.14. The van der Waals surface area contributed by atoms with Gasteiger partial charge in [-0.25, -0.2) is 17.6 Å². The van der Waals surface area contributed by atoms with E-state index in [1.54, 1.807) is 0 Å². The molecule has 286 valence electrons. The zero-order valence-electron chi connectivity index (χ0n) is 23.4. The summed E-state index contributed by atoms with van der Waals surface area (Å²) < 4.78 is 263. The monoisotopic (exact) mass is 812 g/mol. The van der Waals surface area contributed by atoms with Gasteiger partial charge in [0.15, 0.2) is 19.8 Å². The molecule has 2 unspecified atom stereocenters. The molecule has 2 atom stereocenters. The molecule has 0 spiro atoms. The van der Waals surface area contributed by atoms with Crippen molar-refractivity contribution in [2.75, 3.05) is 19.8 Å². The first kappa shape index (κ1) is 50.0. The normalized spacial score (nSPS) is 14.7. The molecule has 0 amide bonds. The average Bonchev–Trinajstić information content (AvgIpc) is 2.96. The number of esters is 3. The van der Waals surface area contributed by atoms with Crippen LogP contribution in [0.1, 0.15) is 6.42 Å². The number of ether oxygens (including phenoxy) is 3. The first-order valence-corrected chi connectivity index (χ1v) is 12.1. The van der Waals surface area contributed by atoms with Crippen LogP contribution >= 0.6 is 12.0 Å². The van der Waals surface area contributed by atoms with E-state index in [-0.39, 0.29) is 35.7 Å². The van der Waals surface area contributed by atoms with E-state index in [0.717, 1.165) is 0 Å². The number of hydrogen-bond donors (Lipinski definition) is 0. The van der Waals surface area contributed by atoms with Gasteiger partial charge < -0.3 is 19.5 Å². The van der Waals surface area contributed by atoms with E-state index in [4.69, 9.17) is 0 Å². The summed E-state index contributed by atoms with van der Waals surface area (Å²) in [6, 6.07) is 0. The van der Waals surface area contributed by atoms with Crippen LogP contribution in [0.5, 0.6) is 0 Å². The van der Waals surface area contributed by atoms with Crippen molar-refractivity contribution in [3.05, 3.63) is 0 Å². The third kappa shape index (κ3) is 12.0. The maximum atomic E-state index is 13.8. The Morgan fingerprint density at radius 2 is 1.06 bits per heavy atom. The first-order valence-electron chi connectivity index (χ1n) is 11.3. The molecular formula is C20H12F19NaO9S. The SMILES string of the molecule is O=C(CC(C(=O)OCC(F)(F)C(F)(F)C(F)(F)C(F)F)C(SOO[O-])C(=O)OCC(F)(F)C(F)(F)C(F)(F)C(F)F)OCC(F)(F)C#CF.[Na+]. The Labute approximate surface area is 289 Å². The topological polar surface area (TPSA) is 120 Å². The zero-order valence-corrected chi connectivity index (χ0v) is 26.2. The fraction of sp³-hybridized carbons (Fsp3) is 0.750. The van der Waals surface area contributed by atoms with Gasteiger partial charge in [-0.2, -0.15) is 65.8 Å². The number of carbonyl (C=O) groups excluding carboxylic acids is 3. The van der Waals surface area contributed by atoms with Crippen LogP contribution in [0.25, 0.3) is 0 Å². The van der Waals surface area contributed by atoms with Crippen LogP contribution in [0.2, 0.25) is 0 Å². The molecule has 9 nitrogen and oxygen atoms in total. The summed E-state index contributed by atoms with van der Waals surface area (Å²) in [5, 5.41) is 9.46. The van der Waals surface area contributed by atoms with Gasteiger partial charge >= 0.3 is 102 Å². The van der Waals surface area contributed by atoms with Gasteiger partial charge in [0, 0.05) is 18.0 Å². The summed E-state index contributed by atoms with van der Waals surface area (Å²) in [5.41, 5.74) is 0. The third-order valence-electron chi connectivity index (χ3n) is 5.20. The van der Waals surface area contributed by atoms with Gasteiger partial charge in [0.25, 0.3) is 0 Å². The van der Waals surface area contributed by atoms with E-state index < -0.39 is 122 Å². The van der Waals surface area contributed by atoms with Crippen molar-refractivity contribution in [3.63, 3.8) is 0 Å². The number of hydrogen-bond acceptors (Lipinski definition) is 10. The molecule has 0 fully saturated rings. The minimum absolute atomic E-state index is 0. The number of alkyl halides is 18. The molecule has 0 N–H and O–H groups in total. The second-order valence-corrected chi connectivity index (χ2v) is 9.50. The van der Waals surface area contributed by atoms with Gasteiger partial charge in [-0.3, -0.25) is 19.4 Å². The van der Waals surface area contributed by atoms with E-state index in [0.29, 0.717) is 5.92 Å². The van der Waals surface area contributed by atoms with Gasteiger partial charge in [-0.1, -0.05) is 0 Å². The van der Waals surface area contributed by atoms with E-state index in [9.17, 15) is 103 Å². The molecule has 30 heteroatoms. The molecule has 0 aromatic rings. The van der Waals surface area contributed by atoms with Crippen LogP contribution in [0, 0.1) is 18.0 Å². The van der Waals surface area contributed by atoms with Crippen molar-refractivity contribution in [2.24, 2.45) is 5.92 Å². The molecule has 0 aliphatic rings. The molecule has 0 aromatic carbocycles. The molecule has 0 heterocycles. The standard InChI is InChI=1S/C20H13F19O9S.Na/c21-2-1-14(26,27)4-44-8(40)3-7(10(41)45-5-15(28,29)19(36,37)17(32,33)12(22)23)9(49-48-47-43)11(42)46-6-16(30,31)20(38,39)18(34,35)13(24)25;/h7,9,12-13,43H,3-6H2;/q;+1/p-1. The van der Waals surface area contributed by atoms with Crippen molar-refractivity contribution in [2.45, 2.75) is 66.0 Å². The fourth-order valence-corrected chi connectivity index (χ4v) is 3.22. The number of rotatable bonds is 20. The van der Waals surface area contributed by atoms with Crippen molar-refractivity contribution in [1.29, 1.82) is 0 Å². The van der Waals surface area contributed by atoms with Gasteiger partial charge in [0.05, 0.1) is 12.3 Å². The van der Waals surface area contributed by atoms with Crippen LogP contribution in [0.3, 0.4) is 0 Å². The fourth-order valence-electron chi connectivity index (χ4n) is 2.61. The molecule has 0 rings (SSSR count). The number of halogens is 19. The first-order chi connectivity index (χ1) is 21.9. The zero-order chi connectivity index (χ0) is 39.0.